The lowest BCUT2D eigenvalue weighted by molar-refractivity contribution is 0.670. The average molecular weight is 713 g/mol. The summed E-state index contributed by atoms with van der Waals surface area (Å²) in [6.45, 7) is 0. The Morgan fingerprint density at radius 3 is 1.05 bits per heavy atom. The van der Waals surface area contributed by atoms with Gasteiger partial charge < -0.3 is 8.83 Å². The number of furan rings is 2. The molecule has 2 nitrogen and oxygen atoms in total. The van der Waals surface area contributed by atoms with Gasteiger partial charge in [0.25, 0.3) is 0 Å². The fraction of sp³-hybridized carbons (Fsp3) is 0. The molecule has 0 radical (unpaired) electrons. The Bertz CT molecular complexity index is 3240. The third kappa shape index (κ3) is 4.63. The fourth-order valence-corrected chi connectivity index (χ4v) is 9.09. The van der Waals surface area contributed by atoms with Crippen LogP contribution in [-0.4, -0.2) is 0 Å². The molecule has 0 N–H and O–H groups in total. The van der Waals surface area contributed by atoms with Crippen molar-refractivity contribution in [2.24, 2.45) is 0 Å². The standard InChI is InChI=1S/C54H32O2/c1-2-14-40-39(13-1)41-15-3-4-17-43(41)45-28-27-33(32-50(45)44-18-6-5-16-42(40)44)34-29-35(37-21-11-23-48-46-19-7-9-25-51(46)55-53(37)48)31-36(30-34)38-22-12-24-49-47-20-8-10-26-52(47)56-54(38)49/h1-32H. The largest absolute Gasteiger partial charge is 0.455 e. The molecular formula is C54H32O2. The van der Waals surface area contributed by atoms with Crippen molar-refractivity contribution in [3.63, 3.8) is 0 Å². The van der Waals surface area contributed by atoms with Crippen molar-refractivity contribution in [3.05, 3.63) is 194 Å². The highest BCUT2D eigenvalue weighted by Crippen LogP contribution is 2.49. The minimum absolute atomic E-state index is 0.889. The van der Waals surface area contributed by atoms with Crippen LogP contribution in [0, 0.1) is 0 Å². The van der Waals surface area contributed by atoms with Crippen LogP contribution in [0.4, 0.5) is 0 Å². The maximum absolute atomic E-state index is 6.62. The van der Waals surface area contributed by atoms with Gasteiger partial charge in [0.2, 0.25) is 0 Å². The van der Waals surface area contributed by atoms with Crippen LogP contribution < -0.4 is 0 Å². The lowest BCUT2D eigenvalue weighted by atomic mass is 9.80. The van der Waals surface area contributed by atoms with Gasteiger partial charge in [-0.2, -0.15) is 0 Å². The van der Waals surface area contributed by atoms with Gasteiger partial charge in [-0.25, -0.2) is 0 Å². The molecule has 260 valence electrons. The van der Waals surface area contributed by atoms with E-state index < -0.39 is 0 Å². The minimum Gasteiger partial charge on any atom is -0.455 e. The molecule has 12 rings (SSSR count). The number of fused-ring (bicyclic) bond motifs is 14. The van der Waals surface area contributed by atoms with Crippen LogP contribution >= 0.6 is 0 Å². The van der Waals surface area contributed by atoms with Gasteiger partial charge in [-0.1, -0.05) is 158 Å². The lowest BCUT2D eigenvalue weighted by Gasteiger charge is -2.23. The maximum atomic E-state index is 6.62. The van der Waals surface area contributed by atoms with Crippen LogP contribution in [0.5, 0.6) is 0 Å². The Hall–Kier alpha value is -7.42. The predicted molar refractivity (Wildman–Crippen MR) is 233 cm³/mol. The summed E-state index contributed by atoms with van der Waals surface area (Å²) in [4.78, 5) is 0. The van der Waals surface area contributed by atoms with Gasteiger partial charge >= 0.3 is 0 Å². The molecule has 1 aliphatic carbocycles. The maximum Gasteiger partial charge on any atom is 0.143 e. The van der Waals surface area contributed by atoms with E-state index in [4.69, 9.17) is 8.83 Å². The van der Waals surface area contributed by atoms with Gasteiger partial charge in [0.1, 0.15) is 22.3 Å². The average Bonchev–Trinajstić information content (AvgIpc) is 3.84. The summed E-state index contributed by atoms with van der Waals surface area (Å²) in [5, 5.41) is 4.46. The third-order valence-electron chi connectivity index (χ3n) is 11.7. The summed E-state index contributed by atoms with van der Waals surface area (Å²) in [6.07, 6.45) is 0. The molecule has 0 atom stereocenters. The van der Waals surface area contributed by atoms with Crippen molar-refractivity contribution in [1.82, 2.24) is 0 Å². The van der Waals surface area contributed by atoms with Gasteiger partial charge in [0, 0.05) is 32.7 Å². The number of hydrogen-bond donors (Lipinski definition) is 0. The summed E-state index contributed by atoms with van der Waals surface area (Å²) < 4.78 is 13.2. The van der Waals surface area contributed by atoms with Crippen molar-refractivity contribution in [1.29, 1.82) is 0 Å². The first-order valence-electron chi connectivity index (χ1n) is 19.2. The summed E-state index contributed by atoms with van der Waals surface area (Å²) in [5.41, 5.74) is 20.0. The lowest BCUT2D eigenvalue weighted by Crippen LogP contribution is -1.97. The molecule has 0 unspecified atom stereocenters. The van der Waals surface area contributed by atoms with Crippen molar-refractivity contribution in [3.8, 4) is 77.9 Å². The van der Waals surface area contributed by atoms with Crippen LogP contribution in [0.2, 0.25) is 0 Å². The summed E-state index contributed by atoms with van der Waals surface area (Å²) in [7, 11) is 0. The summed E-state index contributed by atoms with van der Waals surface area (Å²) >= 11 is 0. The zero-order valence-corrected chi connectivity index (χ0v) is 30.3. The van der Waals surface area contributed by atoms with E-state index in [0.29, 0.717) is 0 Å². The Labute approximate surface area is 323 Å². The van der Waals surface area contributed by atoms with Crippen molar-refractivity contribution >= 4 is 43.9 Å². The number of rotatable bonds is 3. The smallest absolute Gasteiger partial charge is 0.143 e. The molecule has 11 aromatic rings. The highest BCUT2D eigenvalue weighted by molar-refractivity contribution is 6.12. The molecule has 0 aliphatic heterocycles. The van der Waals surface area contributed by atoms with E-state index in [1.54, 1.807) is 0 Å². The molecule has 56 heavy (non-hydrogen) atoms. The van der Waals surface area contributed by atoms with Crippen LogP contribution in [0.25, 0.3) is 122 Å². The Morgan fingerprint density at radius 2 is 0.571 bits per heavy atom. The Kier molecular flexibility index (Phi) is 6.66. The SMILES string of the molecule is c1ccc2c(c1)-c1ccccc1-c1ccc(-c3cc(-c4cccc5c4oc4ccccc45)cc(-c4cccc5c4oc4ccccc45)c3)cc1-c1ccccc1-2. The van der Waals surface area contributed by atoms with Crippen LogP contribution in [0.3, 0.4) is 0 Å². The minimum atomic E-state index is 0.889. The monoisotopic (exact) mass is 712 g/mol. The van der Waals surface area contributed by atoms with E-state index >= 15 is 0 Å². The van der Waals surface area contributed by atoms with Crippen molar-refractivity contribution in [2.45, 2.75) is 0 Å². The quantitative estimate of drug-likeness (QED) is 0.182. The van der Waals surface area contributed by atoms with E-state index in [1.165, 1.54) is 44.5 Å². The van der Waals surface area contributed by atoms with E-state index in [1.807, 2.05) is 12.1 Å². The molecule has 2 heteroatoms. The van der Waals surface area contributed by atoms with Gasteiger partial charge in [0.05, 0.1) is 0 Å². The Morgan fingerprint density at radius 1 is 0.214 bits per heavy atom. The number of benzene rings is 9. The molecule has 1 aliphatic rings. The zero-order valence-electron chi connectivity index (χ0n) is 30.3. The van der Waals surface area contributed by atoms with Crippen molar-refractivity contribution < 1.29 is 8.83 Å². The molecule has 0 amide bonds. The molecule has 9 aromatic carbocycles. The van der Waals surface area contributed by atoms with Crippen LogP contribution in [0.15, 0.2) is 203 Å². The van der Waals surface area contributed by atoms with Gasteiger partial charge in [-0.05, 0) is 103 Å². The highest BCUT2D eigenvalue weighted by atomic mass is 16.3. The van der Waals surface area contributed by atoms with Gasteiger partial charge in [-0.3, -0.25) is 0 Å². The second-order valence-electron chi connectivity index (χ2n) is 14.8. The van der Waals surface area contributed by atoms with E-state index in [-0.39, 0.29) is 0 Å². The van der Waals surface area contributed by atoms with Crippen LogP contribution in [0.1, 0.15) is 0 Å². The summed E-state index contributed by atoms with van der Waals surface area (Å²) in [6, 6.07) is 70.0. The normalized spacial score (nSPS) is 11.9. The van der Waals surface area contributed by atoms with Crippen molar-refractivity contribution in [2.75, 3.05) is 0 Å². The number of para-hydroxylation sites is 4. The Balaban J connectivity index is 1.13. The first-order chi connectivity index (χ1) is 27.8. The van der Waals surface area contributed by atoms with E-state index in [0.717, 1.165) is 77.3 Å². The molecule has 0 fully saturated rings. The molecule has 2 heterocycles. The number of hydrogen-bond acceptors (Lipinski definition) is 2. The zero-order chi connectivity index (χ0) is 36.7. The predicted octanol–water partition coefficient (Wildman–Crippen LogP) is 15.5. The summed E-state index contributed by atoms with van der Waals surface area (Å²) in [5.74, 6) is 0. The molecule has 0 saturated heterocycles. The second kappa shape index (κ2) is 12.0. The molecule has 0 saturated carbocycles. The topological polar surface area (TPSA) is 26.3 Å². The molecule has 0 bridgehead atoms. The first kappa shape index (κ1) is 31.0. The van der Waals surface area contributed by atoms with Crippen LogP contribution in [-0.2, 0) is 0 Å². The van der Waals surface area contributed by atoms with Gasteiger partial charge in [0.15, 0.2) is 0 Å². The highest BCUT2D eigenvalue weighted by Gasteiger charge is 2.23. The molecule has 0 spiro atoms. The van der Waals surface area contributed by atoms with E-state index in [2.05, 4.69) is 182 Å². The van der Waals surface area contributed by atoms with Gasteiger partial charge in [-0.15, -0.1) is 0 Å². The molecular weight excluding hydrogens is 681 g/mol. The first-order valence-corrected chi connectivity index (χ1v) is 19.2. The fourth-order valence-electron chi connectivity index (χ4n) is 9.09. The van der Waals surface area contributed by atoms with E-state index in [9.17, 15) is 0 Å². The third-order valence-corrected chi connectivity index (χ3v) is 11.7. The molecule has 2 aromatic heterocycles. The second-order valence-corrected chi connectivity index (χ2v) is 14.8.